The van der Waals surface area contributed by atoms with Gasteiger partial charge >= 0.3 is 5.63 Å². The van der Waals surface area contributed by atoms with Gasteiger partial charge in [0.05, 0.1) is 18.7 Å². The van der Waals surface area contributed by atoms with Crippen LogP contribution in [0.5, 0.6) is 11.5 Å². The molecule has 7 nitrogen and oxygen atoms in total. The lowest BCUT2D eigenvalue weighted by atomic mass is 10.1. The third-order valence-corrected chi connectivity index (χ3v) is 4.98. The van der Waals surface area contributed by atoms with Gasteiger partial charge in [-0.2, -0.15) is 0 Å². The molecule has 0 radical (unpaired) electrons. The number of anilines is 1. The molecule has 4 rings (SSSR count). The smallest absolute Gasteiger partial charge is 0.349 e. The number of ether oxygens (including phenoxy) is 2. The minimum absolute atomic E-state index is 0.0667. The zero-order chi connectivity index (χ0) is 21.1. The summed E-state index contributed by atoms with van der Waals surface area (Å²) in [5.41, 5.74) is 7.07. The molecule has 2 aromatic carbocycles. The monoisotopic (exact) mass is 533 g/mol. The van der Waals surface area contributed by atoms with Crippen LogP contribution >= 0.6 is 31.9 Å². The zero-order valence-corrected chi connectivity index (χ0v) is 18.9. The van der Waals surface area contributed by atoms with E-state index in [1.54, 1.807) is 18.2 Å². The lowest BCUT2D eigenvalue weighted by Gasteiger charge is -2.10. The van der Waals surface area contributed by atoms with E-state index in [2.05, 4.69) is 41.8 Å². The highest BCUT2D eigenvalue weighted by atomic mass is 79.9. The summed E-state index contributed by atoms with van der Waals surface area (Å²) in [5.74, 6) is 1.76. The summed E-state index contributed by atoms with van der Waals surface area (Å²) >= 11 is 6.66. The number of nitrogens with zero attached hydrogens (tertiary/aromatic N) is 2. The molecule has 0 saturated carbocycles. The molecule has 0 atom stereocenters. The van der Waals surface area contributed by atoms with Crippen molar-refractivity contribution in [1.82, 2.24) is 9.97 Å². The van der Waals surface area contributed by atoms with Gasteiger partial charge in [0, 0.05) is 27.7 Å². The van der Waals surface area contributed by atoms with E-state index in [0.29, 0.717) is 52.4 Å². The zero-order valence-electron chi connectivity index (χ0n) is 15.7. The van der Waals surface area contributed by atoms with E-state index in [0.717, 1.165) is 10.9 Å². The number of nitrogens with two attached hydrogens (primary N) is 1. The summed E-state index contributed by atoms with van der Waals surface area (Å²) in [5, 5.41) is 2.22. The molecule has 30 heavy (non-hydrogen) atoms. The molecule has 0 unspecified atom stereocenters. The Balaban J connectivity index is 1.87. The summed E-state index contributed by atoms with van der Waals surface area (Å²) in [4.78, 5) is 21.5. The molecule has 9 heteroatoms. The molecule has 0 fully saturated rings. The first-order valence-electron chi connectivity index (χ1n) is 9.12. The van der Waals surface area contributed by atoms with Crippen molar-refractivity contribution in [2.45, 2.75) is 0 Å². The van der Waals surface area contributed by atoms with Gasteiger partial charge in [0.25, 0.3) is 0 Å². The van der Waals surface area contributed by atoms with Crippen LogP contribution in [-0.2, 0) is 0 Å². The fourth-order valence-corrected chi connectivity index (χ4v) is 3.39. The van der Waals surface area contributed by atoms with Gasteiger partial charge in [-0.25, -0.2) is 14.8 Å². The lowest BCUT2D eigenvalue weighted by molar-refractivity contribution is 0.345. The molecule has 2 aromatic heterocycles. The fourth-order valence-electron chi connectivity index (χ4n) is 3.06. The fraction of sp³-hybridized carbons (Fsp3) is 0.190. The van der Waals surface area contributed by atoms with Crippen LogP contribution in [0.1, 0.15) is 0 Å². The van der Waals surface area contributed by atoms with Crippen molar-refractivity contribution >= 4 is 59.5 Å². The second-order valence-electron chi connectivity index (χ2n) is 6.31. The molecule has 0 aliphatic rings. The van der Waals surface area contributed by atoms with Crippen molar-refractivity contribution in [1.29, 1.82) is 0 Å². The second-order valence-corrected chi connectivity index (χ2v) is 7.89. The van der Waals surface area contributed by atoms with Gasteiger partial charge in [-0.3, -0.25) is 0 Å². The molecule has 2 heterocycles. The van der Waals surface area contributed by atoms with Crippen LogP contribution < -0.4 is 20.8 Å². The molecule has 0 amide bonds. The van der Waals surface area contributed by atoms with Gasteiger partial charge in [0.15, 0.2) is 5.82 Å². The highest BCUT2D eigenvalue weighted by Crippen LogP contribution is 2.30. The first-order chi connectivity index (χ1) is 14.6. The number of alkyl halides is 2. The maximum Gasteiger partial charge on any atom is 0.349 e. The molecular formula is C21H17Br2N3O4. The maximum atomic E-state index is 12.6. The average Bonchev–Trinajstić information content (AvgIpc) is 2.75. The summed E-state index contributed by atoms with van der Waals surface area (Å²) in [6.07, 6.45) is 0. The molecule has 0 bridgehead atoms. The Morgan fingerprint density at radius 2 is 1.70 bits per heavy atom. The first kappa shape index (κ1) is 20.6. The molecule has 4 aromatic rings. The SMILES string of the molecule is Nc1nc(-c2cccc(OCCBr)c2)nc2c1c(=O)oc1cc(OCCBr)ccc12. The van der Waals surface area contributed by atoms with Crippen molar-refractivity contribution in [2.75, 3.05) is 29.6 Å². The molecule has 0 spiro atoms. The van der Waals surface area contributed by atoms with Gasteiger partial charge in [-0.15, -0.1) is 0 Å². The average molecular weight is 535 g/mol. The Bertz CT molecular complexity index is 1280. The molecule has 0 saturated heterocycles. The number of hydrogen-bond donors (Lipinski definition) is 1. The topological polar surface area (TPSA) is 100 Å². The predicted octanol–water partition coefficient (Wildman–Crippen LogP) is 4.53. The highest BCUT2D eigenvalue weighted by molar-refractivity contribution is 9.09. The molecule has 0 aliphatic heterocycles. The van der Waals surface area contributed by atoms with Gasteiger partial charge in [-0.1, -0.05) is 44.0 Å². The first-order valence-corrected chi connectivity index (χ1v) is 11.4. The van der Waals surface area contributed by atoms with Crippen molar-refractivity contribution in [3.63, 3.8) is 0 Å². The minimum Gasteiger partial charge on any atom is -0.493 e. The van der Waals surface area contributed by atoms with Gasteiger partial charge in [-0.05, 0) is 24.3 Å². The third kappa shape index (κ3) is 4.13. The third-order valence-electron chi connectivity index (χ3n) is 4.34. The Hall–Kier alpha value is -2.65. The Morgan fingerprint density at radius 3 is 2.43 bits per heavy atom. The van der Waals surface area contributed by atoms with Crippen LogP contribution in [0.3, 0.4) is 0 Å². The molecule has 154 valence electrons. The van der Waals surface area contributed by atoms with Crippen LogP contribution in [0.4, 0.5) is 5.82 Å². The number of aromatic nitrogens is 2. The number of hydrogen-bond acceptors (Lipinski definition) is 7. The van der Waals surface area contributed by atoms with Crippen molar-refractivity contribution in [3.8, 4) is 22.9 Å². The van der Waals surface area contributed by atoms with Crippen molar-refractivity contribution in [3.05, 3.63) is 52.9 Å². The van der Waals surface area contributed by atoms with Gasteiger partial charge in [0.1, 0.15) is 28.3 Å². The highest BCUT2D eigenvalue weighted by Gasteiger charge is 2.16. The Morgan fingerprint density at radius 1 is 0.967 bits per heavy atom. The van der Waals surface area contributed by atoms with E-state index >= 15 is 0 Å². The maximum absolute atomic E-state index is 12.6. The Kier molecular flexibility index (Phi) is 6.19. The van der Waals surface area contributed by atoms with Crippen molar-refractivity contribution in [2.24, 2.45) is 0 Å². The largest absolute Gasteiger partial charge is 0.493 e. The summed E-state index contributed by atoms with van der Waals surface area (Å²) < 4.78 is 16.7. The molecule has 2 N–H and O–H groups in total. The van der Waals surface area contributed by atoms with Gasteiger partial charge < -0.3 is 19.6 Å². The number of halogens is 2. The molecular weight excluding hydrogens is 518 g/mol. The van der Waals surface area contributed by atoms with E-state index in [4.69, 9.17) is 19.6 Å². The minimum atomic E-state index is -0.589. The van der Waals surface area contributed by atoms with Crippen LogP contribution in [0.2, 0.25) is 0 Å². The van der Waals surface area contributed by atoms with Crippen LogP contribution in [0.15, 0.2) is 51.7 Å². The summed E-state index contributed by atoms with van der Waals surface area (Å²) in [7, 11) is 0. The normalized spacial score (nSPS) is 11.1. The number of rotatable bonds is 7. The van der Waals surface area contributed by atoms with E-state index < -0.39 is 5.63 Å². The number of nitrogen functional groups attached to an aromatic ring is 1. The van der Waals surface area contributed by atoms with Crippen molar-refractivity contribution < 1.29 is 13.9 Å². The number of fused-ring (bicyclic) bond motifs is 3. The second kappa shape index (κ2) is 9.01. The predicted molar refractivity (Wildman–Crippen MR) is 124 cm³/mol. The standard InChI is InChI=1S/C21H17Br2N3O4/c22-6-8-28-13-3-1-2-12(10-13)20-25-18-15-5-4-14(29-9-7-23)11-16(15)30-21(27)17(18)19(24)26-20/h1-5,10-11H,6-9H2,(H2,24,25,26). The van der Waals surface area contributed by atoms with Crippen LogP contribution in [0, 0.1) is 0 Å². The van der Waals surface area contributed by atoms with E-state index in [1.807, 2.05) is 24.3 Å². The Labute approximate surface area is 188 Å². The quantitative estimate of drug-likeness (QED) is 0.211. The summed E-state index contributed by atoms with van der Waals surface area (Å²) in [6.45, 7) is 1.03. The van der Waals surface area contributed by atoms with E-state index in [9.17, 15) is 4.79 Å². The van der Waals surface area contributed by atoms with E-state index in [1.165, 1.54) is 0 Å². The van der Waals surface area contributed by atoms with Gasteiger partial charge in [0.2, 0.25) is 0 Å². The number of benzene rings is 2. The van der Waals surface area contributed by atoms with Crippen LogP contribution in [0.25, 0.3) is 33.3 Å². The lowest BCUT2D eigenvalue weighted by Crippen LogP contribution is -2.08. The van der Waals surface area contributed by atoms with Crippen LogP contribution in [-0.4, -0.2) is 33.8 Å². The van der Waals surface area contributed by atoms with E-state index in [-0.39, 0.29) is 11.2 Å². The molecule has 0 aliphatic carbocycles. The summed E-state index contributed by atoms with van der Waals surface area (Å²) in [6, 6.07) is 12.7.